The van der Waals surface area contributed by atoms with Gasteiger partial charge in [-0.05, 0) is 19.0 Å². The molecular formula is C14H21N3O3S. The van der Waals surface area contributed by atoms with Crippen LogP contribution in [0.2, 0.25) is 0 Å². The van der Waals surface area contributed by atoms with Crippen molar-refractivity contribution < 1.29 is 13.2 Å². The Kier molecular flexibility index (Phi) is 5.19. The fourth-order valence-corrected chi connectivity index (χ4v) is 3.02. The molecule has 0 aliphatic carbocycles. The molecule has 0 unspecified atom stereocenters. The lowest BCUT2D eigenvalue weighted by Gasteiger charge is -2.17. The zero-order chi connectivity index (χ0) is 15.3. The summed E-state index contributed by atoms with van der Waals surface area (Å²) in [4.78, 5) is 13.7. The van der Waals surface area contributed by atoms with Gasteiger partial charge in [0.2, 0.25) is 10.0 Å². The van der Waals surface area contributed by atoms with E-state index in [0.29, 0.717) is 19.0 Å². The number of carbonyl (C=O) groups is 1. The molecule has 7 heteroatoms. The molecule has 1 atom stereocenters. The van der Waals surface area contributed by atoms with E-state index in [-0.39, 0.29) is 18.3 Å². The molecule has 1 aromatic rings. The van der Waals surface area contributed by atoms with Gasteiger partial charge in [0.05, 0.1) is 5.75 Å². The lowest BCUT2D eigenvalue weighted by atomic mass is 9.99. The van der Waals surface area contributed by atoms with Gasteiger partial charge >= 0.3 is 6.03 Å². The molecule has 1 aliphatic rings. The first kappa shape index (κ1) is 15.8. The molecule has 21 heavy (non-hydrogen) atoms. The van der Waals surface area contributed by atoms with E-state index in [1.807, 2.05) is 18.2 Å². The predicted octanol–water partition coefficient (Wildman–Crippen LogP) is 0.735. The van der Waals surface area contributed by atoms with E-state index in [4.69, 9.17) is 0 Å². The maximum Gasteiger partial charge on any atom is 0.317 e. The van der Waals surface area contributed by atoms with Gasteiger partial charge in [-0.2, -0.15) is 0 Å². The highest BCUT2D eigenvalue weighted by molar-refractivity contribution is 7.89. The minimum absolute atomic E-state index is 0.106. The number of hydrogen-bond donors (Lipinski definition) is 2. The van der Waals surface area contributed by atoms with Crippen molar-refractivity contribution in [1.82, 2.24) is 14.9 Å². The number of rotatable bonds is 5. The van der Waals surface area contributed by atoms with Crippen LogP contribution in [-0.4, -0.2) is 51.8 Å². The molecule has 1 saturated heterocycles. The number of likely N-dealkylation sites (tertiary alicyclic amines) is 1. The maximum atomic E-state index is 12.0. The van der Waals surface area contributed by atoms with Crippen LogP contribution >= 0.6 is 0 Å². The third-order valence-electron chi connectivity index (χ3n) is 3.70. The first-order valence-electron chi connectivity index (χ1n) is 7.01. The second-order valence-electron chi connectivity index (χ2n) is 5.10. The fourth-order valence-electron chi connectivity index (χ4n) is 2.45. The normalized spacial score (nSPS) is 18.7. The summed E-state index contributed by atoms with van der Waals surface area (Å²) in [6.45, 7) is 1.49. The monoisotopic (exact) mass is 311 g/mol. The summed E-state index contributed by atoms with van der Waals surface area (Å²) < 4.78 is 24.7. The van der Waals surface area contributed by atoms with Gasteiger partial charge in [-0.3, -0.25) is 0 Å². The van der Waals surface area contributed by atoms with Crippen molar-refractivity contribution in [3.8, 4) is 0 Å². The fraction of sp³-hybridized carbons (Fsp3) is 0.500. The second kappa shape index (κ2) is 6.91. The zero-order valence-corrected chi connectivity index (χ0v) is 12.9. The molecule has 0 saturated carbocycles. The smallest absolute Gasteiger partial charge is 0.317 e. The number of amides is 2. The van der Waals surface area contributed by atoms with Crippen LogP contribution in [0, 0.1) is 0 Å². The Morgan fingerprint density at radius 1 is 1.33 bits per heavy atom. The topological polar surface area (TPSA) is 78.5 Å². The highest BCUT2D eigenvalue weighted by atomic mass is 32.2. The Labute approximate surface area is 125 Å². The first-order valence-corrected chi connectivity index (χ1v) is 8.66. The van der Waals surface area contributed by atoms with Crippen molar-refractivity contribution in [2.75, 3.05) is 32.4 Å². The van der Waals surface area contributed by atoms with Crippen molar-refractivity contribution in [3.05, 3.63) is 35.9 Å². The van der Waals surface area contributed by atoms with Crippen molar-refractivity contribution in [2.24, 2.45) is 0 Å². The quantitative estimate of drug-likeness (QED) is 0.841. The summed E-state index contributed by atoms with van der Waals surface area (Å²) in [6.07, 6.45) is 0.937. The Hall–Kier alpha value is -1.60. The van der Waals surface area contributed by atoms with Crippen LogP contribution in [0.3, 0.4) is 0 Å². The van der Waals surface area contributed by atoms with Gasteiger partial charge in [0.15, 0.2) is 0 Å². The molecule has 0 bridgehead atoms. The molecule has 1 heterocycles. The van der Waals surface area contributed by atoms with E-state index in [1.165, 1.54) is 12.6 Å². The van der Waals surface area contributed by atoms with Crippen molar-refractivity contribution in [3.63, 3.8) is 0 Å². The number of benzene rings is 1. The standard InChI is InChI=1S/C14H21N3O3S/c1-15-21(19,20)10-8-16-14(18)17-9-7-13(11-17)12-5-3-2-4-6-12/h2-6,13,15H,7-11H2,1H3,(H,16,18)/t13-/m1/s1. The predicted molar refractivity (Wildman–Crippen MR) is 81.6 cm³/mol. The van der Waals surface area contributed by atoms with E-state index in [1.54, 1.807) is 4.90 Å². The van der Waals surface area contributed by atoms with E-state index >= 15 is 0 Å². The summed E-state index contributed by atoms with van der Waals surface area (Å²) in [5, 5.41) is 2.65. The number of nitrogens with zero attached hydrogens (tertiary/aromatic N) is 1. The average molecular weight is 311 g/mol. The largest absolute Gasteiger partial charge is 0.337 e. The number of sulfonamides is 1. The number of nitrogens with one attached hydrogen (secondary N) is 2. The molecule has 1 aromatic carbocycles. The van der Waals surface area contributed by atoms with Crippen LogP contribution in [0.15, 0.2) is 30.3 Å². The van der Waals surface area contributed by atoms with E-state index in [0.717, 1.165) is 6.42 Å². The van der Waals surface area contributed by atoms with Crippen molar-refractivity contribution in [2.45, 2.75) is 12.3 Å². The van der Waals surface area contributed by atoms with Crippen LogP contribution in [-0.2, 0) is 10.0 Å². The summed E-state index contributed by atoms with van der Waals surface area (Å²) in [5.74, 6) is 0.253. The lowest BCUT2D eigenvalue weighted by Crippen LogP contribution is -2.41. The Morgan fingerprint density at radius 2 is 2.05 bits per heavy atom. The average Bonchev–Trinajstić information content (AvgIpc) is 2.98. The Balaban J connectivity index is 1.80. The van der Waals surface area contributed by atoms with E-state index in [2.05, 4.69) is 22.2 Å². The van der Waals surface area contributed by atoms with Crippen LogP contribution in [0.25, 0.3) is 0 Å². The number of urea groups is 1. The van der Waals surface area contributed by atoms with E-state index < -0.39 is 10.0 Å². The molecule has 6 nitrogen and oxygen atoms in total. The molecule has 0 spiro atoms. The number of carbonyl (C=O) groups excluding carboxylic acids is 1. The summed E-state index contributed by atoms with van der Waals surface area (Å²) in [6, 6.07) is 9.93. The van der Waals surface area contributed by atoms with Crippen molar-refractivity contribution >= 4 is 16.1 Å². The molecule has 2 N–H and O–H groups in total. The third kappa shape index (κ3) is 4.44. The highest BCUT2D eigenvalue weighted by Crippen LogP contribution is 2.26. The molecular weight excluding hydrogens is 290 g/mol. The van der Waals surface area contributed by atoms with Crippen LogP contribution in [0.5, 0.6) is 0 Å². The summed E-state index contributed by atoms with van der Waals surface area (Å²) >= 11 is 0. The summed E-state index contributed by atoms with van der Waals surface area (Å²) in [7, 11) is -1.91. The van der Waals surface area contributed by atoms with Gasteiger partial charge in [0.1, 0.15) is 0 Å². The van der Waals surface area contributed by atoms with Crippen molar-refractivity contribution in [1.29, 1.82) is 0 Å². The SMILES string of the molecule is CNS(=O)(=O)CCNC(=O)N1CC[C@@H](c2ccccc2)C1. The lowest BCUT2D eigenvalue weighted by molar-refractivity contribution is 0.209. The zero-order valence-electron chi connectivity index (χ0n) is 12.1. The molecule has 1 aliphatic heterocycles. The van der Waals surface area contributed by atoms with Crippen LogP contribution in [0.1, 0.15) is 17.9 Å². The highest BCUT2D eigenvalue weighted by Gasteiger charge is 2.27. The van der Waals surface area contributed by atoms with Gasteiger partial charge in [-0.1, -0.05) is 30.3 Å². The number of hydrogen-bond acceptors (Lipinski definition) is 3. The molecule has 2 amide bonds. The molecule has 0 aromatic heterocycles. The van der Waals surface area contributed by atoms with Gasteiger partial charge in [0.25, 0.3) is 0 Å². The van der Waals surface area contributed by atoms with Gasteiger partial charge in [-0.25, -0.2) is 17.9 Å². The Morgan fingerprint density at radius 3 is 2.71 bits per heavy atom. The minimum atomic E-state index is -3.28. The third-order valence-corrected chi connectivity index (χ3v) is 5.07. The van der Waals surface area contributed by atoms with Gasteiger partial charge in [0, 0.05) is 25.6 Å². The van der Waals surface area contributed by atoms with Gasteiger partial charge in [-0.15, -0.1) is 0 Å². The van der Waals surface area contributed by atoms with Gasteiger partial charge < -0.3 is 10.2 Å². The Bertz CT molecular complexity index is 574. The first-order chi connectivity index (χ1) is 10.0. The maximum absolute atomic E-state index is 12.0. The van der Waals surface area contributed by atoms with E-state index in [9.17, 15) is 13.2 Å². The molecule has 0 radical (unpaired) electrons. The molecule has 1 fully saturated rings. The molecule has 2 rings (SSSR count). The summed E-state index contributed by atoms with van der Waals surface area (Å²) in [5.41, 5.74) is 1.24. The van der Waals surface area contributed by atoms with Crippen LogP contribution in [0.4, 0.5) is 4.79 Å². The minimum Gasteiger partial charge on any atom is -0.337 e. The second-order valence-corrected chi connectivity index (χ2v) is 7.14. The molecule has 116 valence electrons. The van der Waals surface area contributed by atoms with Crippen LogP contribution < -0.4 is 10.0 Å².